The second kappa shape index (κ2) is 4.99. The molecule has 0 aromatic carbocycles. The summed E-state index contributed by atoms with van der Waals surface area (Å²) in [6.45, 7) is 2.93. The van der Waals surface area contributed by atoms with Crippen LogP contribution in [0.25, 0.3) is 11.5 Å². The van der Waals surface area contributed by atoms with Crippen molar-refractivity contribution in [3.8, 4) is 11.5 Å². The van der Waals surface area contributed by atoms with Crippen LogP contribution in [0.1, 0.15) is 44.2 Å². The van der Waals surface area contributed by atoms with Crippen molar-refractivity contribution >= 4 is 5.82 Å². The van der Waals surface area contributed by atoms with Gasteiger partial charge < -0.3 is 10.3 Å². The Balaban J connectivity index is 2.02. The zero-order valence-corrected chi connectivity index (χ0v) is 11.2. The number of anilines is 1. The standard InChI is InChI=1S/C14H19N5/c1-2-19-9-16-8-12(19)14-17-11(7-13(15)18-14)10-5-3-4-6-10/h7-10H,2-6H2,1H3,(H2,15,17,18). The van der Waals surface area contributed by atoms with Crippen LogP contribution in [-0.2, 0) is 6.54 Å². The summed E-state index contributed by atoms with van der Waals surface area (Å²) in [5.74, 6) is 1.79. The van der Waals surface area contributed by atoms with Crippen LogP contribution in [0.15, 0.2) is 18.6 Å². The second-order valence-electron chi connectivity index (χ2n) is 5.09. The normalized spacial score (nSPS) is 16.1. The summed E-state index contributed by atoms with van der Waals surface area (Å²) in [5.41, 5.74) is 7.97. The van der Waals surface area contributed by atoms with Crippen LogP contribution in [0, 0.1) is 0 Å². The lowest BCUT2D eigenvalue weighted by Gasteiger charge is -2.11. The Bertz CT molecular complexity index is 569. The number of hydrogen-bond acceptors (Lipinski definition) is 4. The van der Waals surface area contributed by atoms with E-state index in [1.165, 1.54) is 25.7 Å². The Kier molecular flexibility index (Phi) is 3.19. The van der Waals surface area contributed by atoms with Crippen molar-refractivity contribution in [1.82, 2.24) is 19.5 Å². The molecule has 1 aliphatic carbocycles. The van der Waals surface area contributed by atoms with Gasteiger partial charge in [-0.3, -0.25) is 0 Å². The van der Waals surface area contributed by atoms with Gasteiger partial charge in [-0.1, -0.05) is 12.8 Å². The lowest BCUT2D eigenvalue weighted by Crippen LogP contribution is -2.05. The van der Waals surface area contributed by atoms with Gasteiger partial charge in [0, 0.05) is 24.2 Å². The van der Waals surface area contributed by atoms with E-state index in [2.05, 4.69) is 16.9 Å². The summed E-state index contributed by atoms with van der Waals surface area (Å²) in [6.07, 6.45) is 8.60. The molecule has 100 valence electrons. The third kappa shape index (κ3) is 2.32. The van der Waals surface area contributed by atoms with Crippen LogP contribution in [-0.4, -0.2) is 19.5 Å². The fourth-order valence-electron chi connectivity index (χ4n) is 2.79. The summed E-state index contributed by atoms with van der Waals surface area (Å²) in [4.78, 5) is 13.2. The number of nitrogens with zero attached hydrogens (tertiary/aromatic N) is 4. The number of rotatable bonds is 3. The molecule has 0 spiro atoms. The first kappa shape index (κ1) is 12.1. The number of hydrogen-bond donors (Lipinski definition) is 1. The van der Waals surface area contributed by atoms with Gasteiger partial charge in [-0.2, -0.15) is 0 Å². The van der Waals surface area contributed by atoms with Gasteiger partial charge in [-0.25, -0.2) is 15.0 Å². The third-order valence-electron chi connectivity index (χ3n) is 3.82. The Hall–Kier alpha value is -1.91. The van der Waals surface area contributed by atoms with Crippen LogP contribution in [0.2, 0.25) is 0 Å². The van der Waals surface area contributed by atoms with Gasteiger partial charge in [0.05, 0.1) is 12.5 Å². The highest BCUT2D eigenvalue weighted by Gasteiger charge is 2.20. The van der Waals surface area contributed by atoms with Crippen molar-refractivity contribution in [3.05, 3.63) is 24.3 Å². The Morgan fingerprint density at radius 2 is 2.11 bits per heavy atom. The Morgan fingerprint density at radius 3 is 2.84 bits per heavy atom. The van der Waals surface area contributed by atoms with Crippen molar-refractivity contribution in [2.45, 2.75) is 45.1 Å². The number of aromatic nitrogens is 4. The lowest BCUT2D eigenvalue weighted by atomic mass is 10.0. The number of imidazole rings is 1. The maximum atomic E-state index is 5.94. The summed E-state index contributed by atoms with van der Waals surface area (Å²) in [7, 11) is 0. The van der Waals surface area contributed by atoms with E-state index in [1.807, 2.05) is 10.6 Å². The molecule has 5 nitrogen and oxygen atoms in total. The fourth-order valence-corrected chi connectivity index (χ4v) is 2.79. The summed E-state index contributed by atoms with van der Waals surface area (Å²) < 4.78 is 2.03. The zero-order chi connectivity index (χ0) is 13.2. The highest BCUT2D eigenvalue weighted by atomic mass is 15.1. The van der Waals surface area contributed by atoms with E-state index < -0.39 is 0 Å². The minimum Gasteiger partial charge on any atom is -0.384 e. The molecule has 1 fully saturated rings. The monoisotopic (exact) mass is 257 g/mol. The van der Waals surface area contributed by atoms with Crippen molar-refractivity contribution in [2.75, 3.05) is 5.73 Å². The van der Waals surface area contributed by atoms with E-state index in [1.54, 1.807) is 12.5 Å². The molecular weight excluding hydrogens is 238 g/mol. The van der Waals surface area contributed by atoms with Gasteiger partial charge >= 0.3 is 0 Å². The maximum Gasteiger partial charge on any atom is 0.180 e. The largest absolute Gasteiger partial charge is 0.384 e. The smallest absolute Gasteiger partial charge is 0.180 e. The molecule has 1 aliphatic rings. The van der Waals surface area contributed by atoms with Crippen LogP contribution >= 0.6 is 0 Å². The van der Waals surface area contributed by atoms with Gasteiger partial charge in [0.2, 0.25) is 0 Å². The number of aryl methyl sites for hydroxylation is 1. The molecule has 0 amide bonds. The van der Waals surface area contributed by atoms with Gasteiger partial charge in [0.15, 0.2) is 5.82 Å². The van der Waals surface area contributed by atoms with Gasteiger partial charge in [0.25, 0.3) is 0 Å². The van der Waals surface area contributed by atoms with Crippen LogP contribution in [0.5, 0.6) is 0 Å². The molecule has 5 heteroatoms. The molecule has 2 aromatic heterocycles. The van der Waals surface area contributed by atoms with Gasteiger partial charge in [-0.15, -0.1) is 0 Å². The van der Waals surface area contributed by atoms with E-state index in [0.29, 0.717) is 17.6 Å². The average molecular weight is 257 g/mol. The van der Waals surface area contributed by atoms with E-state index >= 15 is 0 Å². The summed E-state index contributed by atoms with van der Waals surface area (Å²) >= 11 is 0. The highest BCUT2D eigenvalue weighted by molar-refractivity contribution is 5.52. The molecular formula is C14H19N5. The molecule has 0 unspecified atom stereocenters. The lowest BCUT2D eigenvalue weighted by molar-refractivity contribution is 0.693. The van der Waals surface area contributed by atoms with E-state index in [-0.39, 0.29) is 0 Å². The number of nitrogens with two attached hydrogens (primary N) is 1. The van der Waals surface area contributed by atoms with E-state index in [4.69, 9.17) is 10.7 Å². The van der Waals surface area contributed by atoms with E-state index in [0.717, 1.165) is 17.9 Å². The third-order valence-corrected chi connectivity index (χ3v) is 3.82. The minimum atomic E-state index is 0.544. The molecule has 1 saturated carbocycles. The highest BCUT2D eigenvalue weighted by Crippen LogP contribution is 2.34. The van der Waals surface area contributed by atoms with Crippen molar-refractivity contribution < 1.29 is 0 Å². The molecule has 0 saturated heterocycles. The molecule has 2 N–H and O–H groups in total. The Morgan fingerprint density at radius 1 is 1.32 bits per heavy atom. The van der Waals surface area contributed by atoms with Crippen molar-refractivity contribution in [3.63, 3.8) is 0 Å². The first-order chi connectivity index (χ1) is 9.28. The topological polar surface area (TPSA) is 69.6 Å². The van der Waals surface area contributed by atoms with Gasteiger partial charge in [-0.05, 0) is 19.8 Å². The van der Waals surface area contributed by atoms with Crippen molar-refractivity contribution in [2.24, 2.45) is 0 Å². The molecule has 0 atom stereocenters. The van der Waals surface area contributed by atoms with Crippen LogP contribution < -0.4 is 5.73 Å². The van der Waals surface area contributed by atoms with Crippen LogP contribution in [0.3, 0.4) is 0 Å². The molecule has 0 aliphatic heterocycles. The van der Waals surface area contributed by atoms with Crippen molar-refractivity contribution in [1.29, 1.82) is 0 Å². The van der Waals surface area contributed by atoms with Gasteiger partial charge in [0.1, 0.15) is 11.5 Å². The average Bonchev–Trinajstić information content (AvgIpc) is 3.09. The minimum absolute atomic E-state index is 0.544. The van der Waals surface area contributed by atoms with E-state index in [9.17, 15) is 0 Å². The predicted octanol–water partition coefficient (Wildman–Crippen LogP) is 2.60. The quantitative estimate of drug-likeness (QED) is 0.917. The number of nitrogen functional groups attached to an aromatic ring is 1. The molecule has 2 heterocycles. The SMILES string of the molecule is CCn1cncc1-c1nc(N)cc(C2CCCC2)n1. The first-order valence-corrected chi connectivity index (χ1v) is 6.93. The predicted molar refractivity (Wildman–Crippen MR) is 74.5 cm³/mol. The second-order valence-corrected chi connectivity index (χ2v) is 5.09. The molecule has 2 aromatic rings. The first-order valence-electron chi connectivity index (χ1n) is 6.93. The molecule has 0 bridgehead atoms. The maximum absolute atomic E-state index is 5.94. The fraction of sp³-hybridized carbons (Fsp3) is 0.500. The molecule has 0 radical (unpaired) electrons. The summed E-state index contributed by atoms with van der Waals surface area (Å²) in [5, 5.41) is 0. The zero-order valence-electron chi connectivity index (χ0n) is 11.2. The van der Waals surface area contributed by atoms with Crippen LogP contribution in [0.4, 0.5) is 5.82 Å². The molecule has 3 rings (SSSR count). The summed E-state index contributed by atoms with van der Waals surface area (Å²) in [6, 6.07) is 1.92. The molecule has 19 heavy (non-hydrogen) atoms. The Labute approximate surface area is 112 Å².